The molecule has 7 heteroatoms. The van der Waals surface area contributed by atoms with Gasteiger partial charge in [0.2, 0.25) is 0 Å². The standard InChI is InChI=1S/C11H15ClN2O3S/c1-11(5-15,6-3-4-6)14-10-13-8(12)7(18-10)9(16)17-2/h6,15H,3-5H2,1-2H3,(H,13,14). The number of halogens is 1. The van der Waals surface area contributed by atoms with E-state index in [2.05, 4.69) is 15.0 Å². The summed E-state index contributed by atoms with van der Waals surface area (Å²) in [4.78, 5) is 15.8. The van der Waals surface area contributed by atoms with Gasteiger partial charge in [0.1, 0.15) is 0 Å². The number of nitrogens with one attached hydrogen (secondary N) is 1. The van der Waals surface area contributed by atoms with Crippen LogP contribution in [0.4, 0.5) is 5.13 Å². The second kappa shape index (κ2) is 5.03. The highest BCUT2D eigenvalue weighted by molar-refractivity contribution is 7.18. The molecule has 0 bridgehead atoms. The monoisotopic (exact) mass is 290 g/mol. The van der Waals surface area contributed by atoms with E-state index in [4.69, 9.17) is 11.6 Å². The highest BCUT2D eigenvalue weighted by atomic mass is 35.5. The molecule has 2 N–H and O–H groups in total. The molecule has 1 saturated carbocycles. The Morgan fingerprint density at radius 1 is 1.72 bits per heavy atom. The first-order valence-electron chi connectivity index (χ1n) is 5.64. The van der Waals surface area contributed by atoms with Crippen LogP contribution in [0.15, 0.2) is 0 Å². The van der Waals surface area contributed by atoms with Crippen LogP contribution in [0.1, 0.15) is 29.4 Å². The summed E-state index contributed by atoms with van der Waals surface area (Å²) in [6.45, 7) is 1.96. The fourth-order valence-electron chi connectivity index (χ4n) is 1.81. The second-order valence-corrected chi connectivity index (χ2v) is 5.96. The van der Waals surface area contributed by atoms with Crippen molar-refractivity contribution < 1.29 is 14.6 Å². The molecule has 1 atom stereocenters. The number of aromatic nitrogens is 1. The van der Waals surface area contributed by atoms with Crippen molar-refractivity contribution in [2.45, 2.75) is 25.3 Å². The second-order valence-electron chi connectivity index (χ2n) is 4.61. The number of carbonyl (C=O) groups excluding carboxylic acids is 1. The molecule has 1 fully saturated rings. The van der Waals surface area contributed by atoms with E-state index < -0.39 is 11.5 Å². The van der Waals surface area contributed by atoms with Gasteiger partial charge in [0, 0.05) is 0 Å². The normalized spacial score (nSPS) is 18.2. The van der Waals surface area contributed by atoms with E-state index in [9.17, 15) is 9.90 Å². The topological polar surface area (TPSA) is 71.5 Å². The lowest BCUT2D eigenvalue weighted by Gasteiger charge is -2.28. The molecule has 0 spiro atoms. The van der Waals surface area contributed by atoms with Gasteiger partial charge < -0.3 is 15.2 Å². The van der Waals surface area contributed by atoms with Gasteiger partial charge in [-0.3, -0.25) is 0 Å². The summed E-state index contributed by atoms with van der Waals surface area (Å²) in [5, 5.41) is 13.3. The molecule has 5 nitrogen and oxygen atoms in total. The molecule has 0 saturated heterocycles. The van der Waals surface area contributed by atoms with Crippen molar-refractivity contribution >= 4 is 34.0 Å². The van der Waals surface area contributed by atoms with Crippen molar-refractivity contribution in [2.75, 3.05) is 19.0 Å². The number of nitrogens with zero attached hydrogens (tertiary/aromatic N) is 1. The van der Waals surface area contributed by atoms with Gasteiger partial charge in [0.15, 0.2) is 15.2 Å². The lowest BCUT2D eigenvalue weighted by molar-refractivity contribution is 0.0606. The zero-order valence-corrected chi connectivity index (χ0v) is 11.8. The Morgan fingerprint density at radius 3 is 2.89 bits per heavy atom. The maximum atomic E-state index is 11.4. The molecule has 1 heterocycles. The number of aliphatic hydroxyl groups excluding tert-OH is 1. The van der Waals surface area contributed by atoms with Gasteiger partial charge in [-0.15, -0.1) is 0 Å². The van der Waals surface area contributed by atoms with Crippen LogP contribution in [0, 0.1) is 5.92 Å². The minimum atomic E-state index is -0.498. The van der Waals surface area contributed by atoms with Crippen LogP contribution < -0.4 is 5.32 Å². The largest absolute Gasteiger partial charge is 0.465 e. The molecule has 1 aromatic heterocycles. The van der Waals surface area contributed by atoms with Crippen LogP contribution in [0.3, 0.4) is 0 Å². The summed E-state index contributed by atoms with van der Waals surface area (Å²) >= 11 is 7.02. The van der Waals surface area contributed by atoms with E-state index in [0.717, 1.165) is 24.2 Å². The number of esters is 1. The van der Waals surface area contributed by atoms with Crippen LogP contribution >= 0.6 is 22.9 Å². The zero-order chi connectivity index (χ0) is 13.3. The van der Waals surface area contributed by atoms with Crippen molar-refractivity contribution in [3.8, 4) is 0 Å². The molecule has 2 rings (SSSR count). The summed E-state index contributed by atoms with van der Waals surface area (Å²) in [6, 6.07) is 0. The maximum Gasteiger partial charge on any atom is 0.351 e. The third-order valence-electron chi connectivity index (χ3n) is 3.16. The van der Waals surface area contributed by atoms with Gasteiger partial charge in [-0.2, -0.15) is 0 Å². The molecule has 1 aromatic rings. The van der Waals surface area contributed by atoms with Crippen molar-refractivity contribution in [3.63, 3.8) is 0 Å². The highest BCUT2D eigenvalue weighted by Crippen LogP contribution is 2.42. The van der Waals surface area contributed by atoms with Crippen LogP contribution in [0.5, 0.6) is 0 Å². The number of thiazole rings is 1. The lowest BCUT2D eigenvalue weighted by Crippen LogP contribution is -2.41. The predicted molar refractivity (Wildman–Crippen MR) is 70.3 cm³/mol. The Hall–Kier alpha value is -0.850. The summed E-state index contributed by atoms with van der Waals surface area (Å²) < 4.78 is 4.62. The van der Waals surface area contributed by atoms with Crippen LogP contribution in [-0.4, -0.2) is 35.3 Å². The van der Waals surface area contributed by atoms with E-state index in [1.807, 2.05) is 6.92 Å². The summed E-state index contributed by atoms with van der Waals surface area (Å²) in [7, 11) is 1.30. The first kappa shape index (κ1) is 13.6. The van der Waals surface area contributed by atoms with Crippen molar-refractivity contribution in [3.05, 3.63) is 10.0 Å². The summed E-state index contributed by atoms with van der Waals surface area (Å²) in [5.41, 5.74) is -0.408. The van der Waals surface area contributed by atoms with E-state index in [-0.39, 0.29) is 16.6 Å². The van der Waals surface area contributed by atoms with Crippen molar-refractivity contribution in [1.82, 2.24) is 4.98 Å². The maximum absolute atomic E-state index is 11.4. The molecular formula is C11H15ClN2O3S. The van der Waals surface area contributed by atoms with Gasteiger partial charge in [0.05, 0.1) is 19.3 Å². The molecule has 0 aliphatic heterocycles. The number of methoxy groups -OCH3 is 1. The van der Waals surface area contributed by atoms with Crippen molar-refractivity contribution in [1.29, 1.82) is 0 Å². The van der Waals surface area contributed by atoms with Crippen molar-refractivity contribution in [2.24, 2.45) is 5.92 Å². The average molecular weight is 291 g/mol. The SMILES string of the molecule is COC(=O)c1sc(NC(C)(CO)C2CC2)nc1Cl. The average Bonchev–Trinajstić information content (AvgIpc) is 3.14. The fourth-order valence-corrected chi connectivity index (χ4v) is 3.05. The minimum Gasteiger partial charge on any atom is -0.465 e. The Labute approximate surface area is 114 Å². The number of rotatable bonds is 5. The van der Waals surface area contributed by atoms with Crippen LogP contribution in [-0.2, 0) is 4.74 Å². The first-order valence-corrected chi connectivity index (χ1v) is 6.83. The number of carbonyl (C=O) groups is 1. The Balaban J connectivity index is 2.17. The molecule has 0 aromatic carbocycles. The molecule has 0 amide bonds. The van der Waals surface area contributed by atoms with Gasteiger partial charge in [-0.25, -0.2) is 9.78 Å². The number of aliphatic hydroxyl groups is 1. The minimum absolute atomic E-state index is 0.0163. The number of hydrogen-bond donors (Lipinski definition) is 2. The number of ether oxygens (including phenoxy) is 1. The van der Waals surface area contributed by atoms with Gasteiger partial charge in [-0.1, -0.05) is 22.9 Å². The molecule has 1 aliphatic rings. The van der Waals surface area contributed by atoms with E-state index >= 15 is 0 Å². The van der Waals surface area contributed by atoms with E-state index in [1.165, 1.54) is 7.11 Å². The quantitative estimate of drug-likeness (QED) is 0.813. The Kier molecular flexibility index (Phi) is 3.79. The number of hydrogen-bond acceptors (Lipinski definition) is 6. The molecule has 1 unspecified atom stereocenters. The van der Waals surface area contributed by atoms with Gasteiger partial charge in [-0.05, 0) is 25.7 Å². The predicted octanol–water partition coefficient (Wildman–Crippen LogP) is 2.16. The molecule has 18 heavy (non-hydrogen) atoms. The van der Waals surface area contributed by atoms with Crippen LogP contribution in [0.25, 0.3) is 0 Å². The van der Waals surface area contributed by atoms with Gasteiger partial charge in [0.25, 0.3) is 0 Å². The molecule has 100 valence electrons. The van der Waals surface area contributed by atoms with E-state index in [0.29, 0.717) is 11.0 Å². The Morgan fingerprint density at radius 2 is 2.39 bits per heavy atom. The summed E-state index contributed by atoms with van der Waals surface area (Å²) in [5.74, 6) is -0.0607. The molecular weight excluding hydrogens is 276 g/mol. The summed E-state index contributed by atoms with van der Waals surface area (Å²) in [6.07, 6.45) is 2.18. The van der Waals surface area contributed by atoms with Crippen LogP contribution in [0.2, 0.25) is 5.15 Å². The zero-order valence-electron chi connectivity index (χ0n) is 10.2. The third-order valence-corrected chi connectivity index (χ3v) is 4.49. The smallest absolute Gasteiger partial charge is 0.351 e. The van der Waals surface area contributed by atoms with E-state index in [1.54, 1.807) is 0 Å². The molecule has 0 radical (unpaired) electrons. The molecule has 1 aliphatic carbocycles. The fraction of sp³-hybridized carbons (Fsp3) is 0.636. The highest BCUT2D eigenvalue weighted by Gasteiger charge is 2.41. The first-order chi connectivity index (χ1) is 8.50. The lowest BCUT2D eigenvalue weighted by atomic mass is 9.97. The van der Waals surface area contributed by atoms with Gasteiger partial charge >= 0.3 is 5.97 Å². The third kappa shape index (κ3) is 2.60. The Bertz CT molecular complexity index is 461. The number of anilines is 1.